The van der Waals surface area contributed by atoms with Crippen molar-refractivity contribution < 1.29 is 14.7 Å². The summed E-state index contributed by atoms with van der Waals surface area (Å²) >= 11 is 0. The highest BCUT2D eigenvalue weighted by Gasteiger charge is 1.96. The average molecular weight is 202 g/mol. The van der Waals surface area contributed by atoms with Crippen molar-refractivity contribution in [3.05, 3.63) is 34.9 Å². The first-order valence-corrected chi connectivity index (χ1v) is 4.40. The molecule has 0 aromatic heterocycles. The van der Waals surface area contributed by atoms with Crippen molar-refractivity contribution in [3.63, 3.8) is 0 Å². The number of aryl methyl sites for hydroxylation is 1. The molecule has 1 aromatic carbocycles. The van der Waals surface area contributed by atoms with Gasteiger partial charge in [0, 0.05) is 11.1 Å². The molecule has 3 nitrogen and oxygen atoms in total. The van der Waals surface area contributed by atoms with Gasteiger partial charge in [-0.15, -0.1) is 0 Å². The number of hydrogen-bond donors (Lipinski definition) is 1. The summed E-state index contributed by atoms with van der Waals surface area (Å²) in [6.07, 6.45) is 0.609. The molecule has 0 amide bonds. The van der Waals surface area contributed by atoms with E-state index in [1.165, 1.54) is 0 Å². The number of carboxylic acids is 1. The van der Waals surface area contributed by atoms with Gasteiger partial charge in [-0.05, 0) is 24.6 Å². The van der Waals surface area contributed by atoms with Crippen LogP contribution in [0.2, 0.25) is 0 Å². The van der Waals surface area contributed by atoms with Gasteiger partial charge in [0.25, 0.3) is 0 Å². The van der Waals surface area contributed by atoms with Crippen molar-refractivity contribution >= 4 is 12.3 Å². The quantitative estimate of drug-likeness (QED) is 0.585. The van der Waals surface area contributed by atoms with Crippen molar-refractivity contribution in [3.8, 4) is 11.8 Å². The molecule has 0 radical (unpaired) electrons. The topological polar surface area (TPSA) is 54.4 Å². The van der Waals surface area contributed by atoms with E-state index in [1.54, 1.807) is 18.2 Å². The summed E-state index contributed by atoms with van der Waals surface area (Å²) in [6.45, 7) is 1.81. The number of carboxylic acid groups (broad SMARTS) is 1. The van der Waals surface area contributed by atoms with Crippen LogP contribution in [0.25, 0.3) is 0 Å². The summed E-state index contributed by atoms with van der Waals surface area (Å²) in [5.41, 5.74) is 2.19. The van der Waals surface area contributed by atoms with Crippen molar-refractivity contribution in [1.29, 1.82) is 0 Å². The van der Waals surface area contributed by atoms with E-state index in [9.17, 15) is 9.59 Å². The Labute approximate surface area is 87.7 Å². The van der Waals surface area contributed by atoms with Gasteiger partial charge in [-0.3, -0.25) is 9.59 Å². The van der Waals surface area contributed by atoms with Crippen LogP contribution < -0.4 is 0 Å². The number of aldehydes is 1. The minimum Gasteiger partial charge on any atom is -0.481 e. The van der Waals surface area contributed by atoms with Gasteiger partial charge >= 0.3 is 5.97 Å². The highest BCUT2D eigenvalue weighted by Crippen LogP contribution is 2.07. The Balaban J connectivity index is 2.87. The molecule has 0 fully saturated rings. The Bertz CT molecular complexity index is 450. The predicted molar refractivity (Wildman–Crippen MR) is 55.7 cm³/mol. The van der Waals surface area contributed by atoms with Crippen molar-refractivity contribution in [2.24, 2.45) is 0 Å². The lowest BCUT2D eigenvalue weighted by molar-refractivity contribution is -0.135. The summed E-state index contributed by atoms with van der Waals surface area (Å²) in [5.74, 6) is 4.31. The number of carbonyl (C=O) groups excluding carboxylic acids is 1. The third-order valence-electron chi connectivity index (χ3n) is 1.87. The van der Waals surface area contributed by atoms with E-state index >= 15 is 0 Å². The smallest absolute Gasteiger partial charge is 0.315 e. The third kappa shape index (κ3) is 3.28. The number of aliphatic carboxylic acids is 1. The van der Waals surface area contributed by atoms with Crippen molar-refractivity contribution in [2.75, 3.05) is 0 Å². The fraction of sp³-hybridized carbons (Fsp3) is 0.167. The summed E-state index contributed by atoms with van der Waals surface area (Å²) < 4.78 is 0. The molecule has 0 atom stereocenters. The molecular formula is C12H10O3. The molecule has 3 heteroatoms. The molecule has 0 aliphatic carbocycles. The average Bonchev–Trinajstić information content (AvgIpc) is 2.17. The molecule has 0 saturated heterocycles. The standard InChI is InChI=1S/C12H10O3/c1-9-7-10(3-2-4-12(14)15)5-6-11(9)8-13/h5-8H,4H2,1H3,(H,14,15). The maximum atomic E-state index is 10.5. The molecule has 15 heavy (non-hydrogen) atoms. The van der Waals surface area contributed by atoms with Gasteiger partial charge in [0.1, 0.15) is 12.7 Å². The Kier molecular flexibility index (Phi) is 3.64. The first-order valence-electron chi connectivity index (χ1n) is 4.40. The molecule has 1 N–H and O–H groups in total. The van der Waals surface area contributed by atoms with Crippen LogP contribution in [0, 0.1) is 18.8 Å². The zero-order chi connectivity index (χ0) is 11.3. The first kappa shape index (κ1) is 11.0. The highest BCUT2D eigenvalue weighted by atomic mass is 16.4. The van der Waals surface area contributed by atoms with Crippen LogP contribution in [-0.2, 0) is 4.79 Å². The maximum Gasteiger partial charge on any atom is 0.315 e. The Morgan fingerprint density at radius 1 is 1.53 bits per heavy atom. The van der Waals surface area contributed by atoms with Crippen LogP contribution in [0.15, 0.2) is 18.2 Å². The Hall–Kier alpha value is -2.08. The number of rotatable bonds is 2. The van der Waals surface area contributed by atoms with Crippen molar-refractivity contribution in [2.45, 2.75) is 13.3 Å². The summed E-state index contributed by atoms with van der Waals surface area (Å²) in [5, 5.41) is 8.38. The Morgan fingerprint density at radius 3 is 2.80 bits per heavy atom. The van der Waals surface area contributed by atoms with E-state index in [4.69, 9.17) is 5.11 Å². The van der Waals surface area contributed by atoms with E-state index < -0.39 is 5.97 Å². The minimum absolute atomic E-state index is 0.172. The van der Waals surface area contributed by atoms with Gasteiger partial charge in [0.15, 0.2) is 0 Å². The van der Waals surface area contributed by atoms with Crippen LogP contribution in [0.5, 0.6) is 0 Å². The largest absolute Gasteiger partial charge is 0.481 e. The van der Waals surface area contributed by atoms with E-state index in [0.29, 0.717) is 5.56 Å². The van der Waals surface area contributed by atoms with E-state index in [0.717, 1.165) is 17.4 Å². The molecule has 0 saturated carbocycles. The molecule has 0 bridgehead atoms. The molecular weight excluding hydrogens is 192 g/mol. The monoisotopic (exact) mass is 202 g/mol. The fourth-order valence-corrected chi connectivity index (χ4v) is 1.11. The first-order chi connectivity index (χ1) is 7.13. The second-order valence-corrected chi connectivity index (χ2v) is 3.06. The number of benzene rings is 1. The molecule has 1 aromatic rings. The molecule has 0 unspecified atom stereocenters. The molecule has 0 aliphatic rings. The molecule has 0 spiro atoms. The lowest BCUT2D eigenvalue weighted by Gasteiger charge is -1.97. The van der Waals surface area contributed by atoms with Crippen LogP contribution in [0.1, 0.15) is 27.9 Å². The maximum absolute atomic E-state index is 10.5. The zero-order valence-electron chi connectivity index (χ0n) is 8.28. The van der Waals surface area contributed by atoms with Gasteiger partial charge in [0.05, 0.1) is 0 Å². The predicted octanol–water partition coefficient (Wildman–Crippen LogP) is 1.63. The van der Waals surface area contributed by atoms with Crippen LogP contribution >= 0.6 is 0 Å². The van der Waals surface area contributed by atoms with Gasteiger partial charge < -0.3 is 5.11 Å². The summed E-state index contributed by atoms with van der Waals surface area (Å²) in [4.78, 5) is 20.7. The summed E-state index contributed by atoms with van der Waals surface area (Å²) in [7, 11) is 0. The lowest BCUT2D eigenvalue weighted by Crippen LogP contribution is -1.91. The van der Waals surface area contributed by atoms with Gasteiger partial charge in [0.2, 0.25) is 0 Å². The normalized spacial score (nSPS) is 8.87. The molecule has 76 valence electrons. The Morgan fingerprint density at radius 2 is 2.27 bits per heavy atom. The molecule has 0 aliphatic heterocycles. The lowest BCUT2D eigenvalue weighted by atomic mass is 10.1. The van der Waals surface area contributed by atoms with Gasteiger partial charge in [-0.2, -0.15) is 0 Å². The summed E-state index contributed by atoms with van der Waals surface area (Å²) in [6, 6.07) is 5.14. The van der Waals surface area contributed by atoms with Crippen LogP contribution in [-0.4, -0.2) is 17.4 Å². The fourth-order valence-electron chi connectivity index (χ4n) is 1.11. The van der Waals surface area contributed by atoms with Crippen LogP contribution in [0.3, 0.4) is 0 Å². The van der Waals surface area contributed by atoms with Crippen LogP contribution in [0.4, 0.5) is 0 Å². The number of carbonyl (C=O) groups is 2. The molecule has 1 rings (SSSR count). The second-order valence-electron chi connectivity index (χ2n) is 3.06. The second kappa shape index (κ2) is 4.97. The van der Waals surface area contributed by atoms with E-state index in [2.05, 4.69) is 11.8 Å². The van der Waals surface area contributed by atoms with Gasteiger partial charge in [-0.25, -0.2) is 0 Å². The van der Waals surface area contributed by atoms with Crippen molar-refractivity contribution in [1.82, 2.24) is 0 Å². The van der Waals surface area contributed by atoms with E-state index in [1.807, 2.05) is 6.92 Å². The highest BCUT2D eigenvalue weighted by molar-refractivity contribution is 5.77. The zero-order valence-corrected chi connectivity index (χ0v) is 8.28. The number of hydrogen-bond acceptors (Lipinski definition) is 2. The molecule has 0 heterocycles. The van der Waals surface area contributed by atoms with Gasteiger partial charge in [-0.1, -0.05) is 17.9 Å². The van der Waals surface area contributed by atoms with E-state index in [-0.39, 0.29) is 6.42 Å². The SMILES string of the molecule is Cc1cc(C#CCC(=O)O)ccc1C=O. The third-order valence-corrected chi connectivity index (χ3v) is 1.87. The minimum atomic E-state index is -0.941.